The Labute approximate surface area is 113 Å². The number of carboxylic acid groups (broad SMARTS) is 2. The van der Waals surface area contributed by atoms with Crippen LogP contribution in [0.1, 0.15) is 39.0 Å². The summed E-state index contributed by atoms with van der Waals surface area (Å²) in [6, 6.07) is -2.42. The average Bonchev–Trinajstić information content (AvgIpc) is 2.35. The summed E-state index contributed by atoms with van der Waals surface area (Å²) in [5, 5.41) is 20.9. The molecule has 0 aliphatic carbocycles. The minimum absolute atomic E-state index is 0.416. The van der Waals surface area contributed by atoms with E-state index in [1.807, 2.05) is 6.92 Å². The van der Waals surface area contributed by atoms with Crippen LogP contribution in [0.2, 0.25) is 0 Å². The summed E-state index contributed by atoms with van der Waals surface area (Å²) in [6.45, 7) is 2.41. The van der Waals surface area contributed by atoms with E-state index < -0.39 is 30.1 Å². The Hall–Kier alpha value is -1.18. The van der Waals surface area contributed by atoms with E-state index in [-0.39, 0.29) is 0 Å². The van der Waals surface area contributed by atoms with Gasteiger partial charge in [-0.15, -0.1) is 0 Å². The highest BCUT2D eigenvalue weighted by atomic mass is 16.4. The lowest BCUT2D eigenvalue weighted by atomic mass is 10.0. The fraction of sp³-hybridized carbons (Fsp3) is 0.833. The van der Waals surface area contributed by atoms with Crippen LogP contribution in [0.15, 0.2) is 0 Å². The number of hydrogen-bond donors (Lipinski definition) is 5. The van der Waals surface area contributed by atoms with Crippen molar-refractivity contribution in [2.45, 2.75) is 57.2 Å². The van der Waals surface area contributed by atoms with E-state index in [0.29, 0.717) is 25.8 Å². The Morgan fingerprint density at radius 1 is 1.16 bits per heavy atom. The van der Waals surface area contributed by atoms with Crippen molar-refractivity contribution in [1.82, 2.24) is 5.32 Å². The number of carbonyl (C=O) groups is 2. The van der Waals surface area contributed by atoms with Crippen molar-refractivity contribution in [2.24, 2.45) is 11.5 Å². The molecule has 0 fully saturated rings. The molecule has 0 bridgehead atoms. The molecule has 1 unspecified atom stereocenters. The molecule has 7 heteroatoms. The third kappa shape index (κ3) is 7.09. The quantitative estimate of drug-likeness (QED) is 0.327. The van der Waals surface area contributed by atoms with Crippen LogP contribution in [-0.4, -0.2) is 46.8 Å². The first-order chi connectivity index (χ1) is 8.93. The summed E-state index contributed by atoms with van der Waals surface area (Å²) >= 11 is 0. The normalized spacial score (nSPS) is 15.7. The molecule has 0 radical (unpaired) electrons. The van der Waals surface area contributed by atoms with Gasteiger partial charge < -0.3 is 21.7 Å². The van der Waals surface area contributed by atoms with Crippen LogP contribution < -0.4 is 16.8 Å². The summed E-state index contributed by atoms with van der Waals surface area (Å²) in [6.07, 6.45) is 3.09. The topological polar surface area (TPSA) is 139 Å². The molecule has 0 aromatic heterocycles. The van der Waals surface area contributed by atoms with Crippen molar-refractivity contribution in [3.63, 3.8) is 0 Å². The molecule has 0 amide bonds. The van der Waals surface area contributed by atoms with Crippen molar-refractivity contribution in [2.75, 3.05) is 6.54 Å². The van der Waals surface area contributed by atoms with E-state index >= 15 is 0 Å². The van der Waals surface area contributed by atoms with Gasteiger partial charge in [0.1, 0.15) is 12.1 Å². The first kappa shape index (κ1) is 17.8. The van der Waals surface area contributed by atoms with Gasteiger partial charge in [-0.3, -0.25) is 14.9 Å². The largest absolute Gasteiger partial charge is 0.480 e. The van der Waals surface area contributed by atoms with Gasteiger partial charge in [0.15, 0.2) is 0 Å². The smallest absolute Gasteiger partial charge is 0.322 e. The fourth-order valence-corrected chi connectivity index (χ4v) is 1.88. The van der Waals surface area contributed by atoms with Crippen molar-refractivity contribution >= 4 is 11.9 Å². The molecule has 0 spiro atoms. The SMILES string of the molecule is CCCC(N[C@@H](CCCCN)C(=O)O)[C@H](N)C(=O)O. The van der Waals surface area contributed by atoms with Crippen LogP contribution in [0.25, 0.3) is 0 Å². The third-order valence-electron chi connectivity index (χ3n) is 2.98. The highest BCUT2D eigenvalue weighted by Crippen LogP contribution is 2.07. The summed E-state index contributed by atoms with van der Waals surface area (Å²) in [5.41, 5.74) is 10.9. The van der Waals surface area contributed by atoms with Crippen LogP contribution >= 0.6 is 0 Å². The number of carboxylic acids is 2. The van der Waals surface area contributed by atoms with Crippen molar-refractivity contribution in [1.29, 1.82) is 0 Å². The zero-order valence-electron chi connectivity index (χ0n) is 11.3. The Balaban J connectivity index is 4.55. The van der Waals surface area contributed by atoms with Crippen molar-refractivity contribution in [3.8, 4) is 0 Å². The molecule has 0 rings (SSSR count). The molecule has 0 saturated heterocycles. The fourth-order valence-electron chi connectivity index (χ4n) is 1.88. The van der Waals surface area contributed by atoms with E-state index in [1.54, 1.807) is 0 Å². The average molecular weight is 275 g/mol. The van der Waals surface area contributed by atoms with E-state index in [1.165, 1.54) is 0 Å². The number of rotatable bonds is 11. The maximum Gasteiger partial charge on any atom is 0.322 e. The zero-order chi connectivity index (χ0) is 14.8. The lowest BCUT2D eigenvalue weighted by Crippen LogP contribution is -2.54. The first-order valence-electron chi connectivity index (χ1n) is 6.61. The summed E-state index contributed by atoms with van der Waals surface area (Å²) < 4.78 is 0. The van der Waals surface area contributed by atoms with Crippen LogP contribution in [0.3, 0.4) is 0 Å². The molecule has 112 valence electrons. The predicted molar refractivity (Wildman–Crippen MR) is 71.8 cm³/mol. The van der Waals surface area contributed by atoms with Crippen LogP contribution in [-0.2, 0) is 9.59 Å². The van der Waals surface area contributed by atoms with E-state index in [4.69, 9.17) is 21.7 Å². The molecule has 0 heterocycles. The lowest BCUT2D eigenvalue weighted by molar-refractivity contribution is -0.142. The lowest BCUT2D eigenvalue weighted by Gasteiger charge is -2.25. The molecule has 0 saturated carbocycles. The van der Waals surface area contributed by atoms with E-state index in [0.717, 1.165) is 12.8 Å². The Morgan fingerprint density at radius 3 is 2.21 bits per heavy atom. The third-order valence-corrected chi connectivity index (χ3v) is 2.98. The highest BCUT2D eigenvalue weighted by molar-refractivity contribution is 5.75. The molecule has 0 aromatic carbocycles. The predicted octanol–water partition coefficient (Wildman–Crippen LogP) is -0.261. The minimum atomic E-state index is -1.13. The minimum Gasteiger partial charge on any atom is -0.480 e. The van der Waals surface area contributed by atoms with Gasteiger partial charge in [-0.25, -0.2) is 0 Å². The van der Waals surface area contributed by atoms with Gasteiger partial charge in [0.2, 0.25) is 0 Å². The summed E-state index contributed by atoms with van der Waals surface area (Å²) in [5.74, 6) is -2.12. The second-order valence-electron chi connectivity index (χ2n) is 4.60. The van der Waals surface area contributed by atoms with Gasteiger partial charge in [-0.2, -0.15) is 0 Å². The second-order valence-corrected chi connectivity index (χ2v) is 4.60. The number of nitrogens with one attached hydrogen (secondary N) is 1. The van der Waals surface area contributed by atoms with Crippen molar-refractivity contribution < 1.29 is 19.8 Å². The Bertz CT molecular complexity index is 286. The van der Waals surface area contributed by atoms with E-state index in [9.17, 15) is 9.59 Å². The maximum absolute atomic E-state index is 11.1. The van der Waals surface area contributed by atoms with Gasteiger partial charge in [0.05, 0.1) is 0 Å². The maximum atomic E-state index is 11.1. The molecule has 0 aliphatic rings. The molecular formula is C12H25N3O4. The monoisotopic (exact) mass is 275 g/mol. The molecule has 7 nitrogen and oxygen atoms in total. The number of aliphatic carboxylic acids is 2. The number of unbranched alkanes of at least 4 members (excludes halogenated alkanes) is 1. The van der Waals surface area contributed by atoms with Gasteiger partial charge in [-0.1, -0.05) is 19.8 Å². The van der Waals surface area contributed by atoms with Crippen LogP contribution in [0.5, 0.6) is 0 Å². The number of nitrogens with two attached hydrogens (primary N) is 2. The Morgan fingerprint density at radius 2 is 1.79 bits per heavy atom. The van der Waals surface area contributed by atoms with Crippen molar-refractivity contribution in [3.05, 3.63) is 0 Å². The van der Waals surface area contributed by atoms with Gasteiger partial charge >= 0.3 is 11.9 Å². The summed E-state index contributed by atoms with van der Waals surface area (Å²) in [4.78, 5) is 22.0. The molecule has 7 N–H and O–H groups in total. The van der Waals surface area contributed by atoms with Crippen LogP contribution in [0, 0.1) is 0 Å². The number of hydrogen-bond acceptors (Lipinski definition) is 5. The standard InChI is InChI=1S/C12H25N3O4/c1-2-5-8(10(14)12(18)19)15-9(11(16)17)6-3-4-7-13/h8-10,15H,2-7,13-14H2,1H3,(H,16,17)(H,18,19)/t8?,9-,10-/m0/s1. The zero-order valence-corrected chi connectivity index (χ0v) is 11.3. The van der Waals surface area contributed by atoms with Gasteiger partial charge in [0.25, 0.3) is 0 Å². The molecular weight excluding hydrogens is 250 g/mol. The second kappa shape index (κ2) is 9.71. The summed E-state index contributed by atoms with van der Waals surface area (Å²) in [7, 11) is 0. The van der Waals surface area contributed by atoms with Gasteiger partial charge in [0, 0.05) is 6.04 Å². The van der Waals surface area contributed by atoms with Gasteiger partial charge in [-0.05, 0) is 25.8 Å². The molecule has 0 aliphatic heterocycles. The molecule has 0 aromatic rings. The van der Waals surface area contributed by atoms with E-state index in [2.05, 4.69) is 5.32 Å². The van der Waals surface area contributed by atoms with Crippen LogP contribution in [0.4, 0.5) is 0 Å². The highest BCUT2D eigenvalue weighted by Gasteiger charge is 2.28. The molecule has 3 atom stereocenters. The molecule has 19 heavy (non-hydrogen) atoms. The Kier molecular flexibility index (Phi) is 9.11. The first-order valence-corrected chi connectivity index (χ1v) is 6.61.